The van der Waals surface area contributed by atoms with E-state index >= 15 is 0 Å². The maximum Gasteiger partial charge on any atom is 0.256 e. The SMILES string of the molecule is Cc1cc(NC(=O)c2ccc(-c3noc(C4CCCC4)n3)cc2)no1. The number of nitrogens with zero attached hydrogens (tertiary/aromatic N) is 3. The van der Waals surface area contributed by atoms with E-state index in [1.165, 1.54) is 12.8 Å². The highest BCUT2D eigenvalue weighted by Crippen LogP contribution is 2.33. The molecule has 3 aromatic rings. The number of hydrogen-bond donors (Lipinski definition) is 1. The van der Waals surface area contributed by atoms with Crippen LogP contribution in [-0.2, 0) is 0 Å². The second kappa shape index (κ2) is 6.51. The zero-order chi connectivity index (χ0) is 17.2. The first-order valence-electron chi connectivity index (χ1n) is 8.38. The van der Waals surface area contributed by atoms with Gasteiger partial charge in [-0.25, -0.2) is 0 Å². The summed E-state index contributed by atoms with van der Waals surface area (Å²) in [6.07, 6.45) is 4.67. The molecule has 1 amide bonds. The van der Waals surface area contributed by atoms with Gasteiger partial charge in [-0.2, -0.15) is 4.98 Å². The van der Waals surface area contributed by atoms with Crippen LogP contribution in [0.2, 0.25) is 0 Å². The molecule has 1 aliphatic rings. The predicted octanol–water partition coefficient (Wildman–Crippen LogP) is 3.94. The molecule has 1 aromatic carbocycles. The van der Waals surface area contributed by atoms with Crippen molar-refractivity contribution < 1.29 is 13.8 Å². The van der Waals surface area contributed by atoms with Crippen LogP contribution >= 0.6 is 0 Å². The fourth-order valence-electron chi connectivity index (χ4n) is 3.08. The Bertz CT molecular complexity index is 876. The maximum atomic E-state index is 12.2. The van der Waals surface area contributed by atoms with Crippen molar-refractivity contribution in [3.8, 4) is 11.4 Å². The van der Waals surface area contributed by atoms with E-state index < -0.39 is 0 Å². The zero-order valence-electron chi connectivity index (χ0n) is 13.9. The number of amides is 1. The number of anilines is 1. The molecule has 1 saturated carbocycles. The molecular formula is C18H18N4O3. The Hall–Kier alpha value is -2.96. The lowest BCUT2D eigenvalue weighted by Gasteiger charge is -2.02. The van der Waals surface area contributed by atoms with E-state index in [2.05, 4.69) is 20.6 Å². The average molecular weight is 338 g/mol. The highest BCUT2D eigenvalue weighted by Gasteiger charge is 2.23. The number of rotatable bonds is 4. The fraction of sp³-hybridized carbons (Fsp3) is 0.333. The summed E-state index contributed by atoms with van der Waals surface area (Å²) in [4.78, 5) is 16.7. The lowest BCUT2D eigenvalue weighted by atomic mass is 10.1. The average Bonchev–Trinajstić information content (AvgIpc) is 3.36. The van der Waals surface area contributed by atoms with Crippen molar-refractivity contribution in [3.63, 3.8) is 0 Å². The Morgan fingerprint density at radius 3 is 2.56 bits per heavy atom. The van der Waals surface area contributed by atoms with E-state index in [4.69, 9.17) is 9.05 Å². The zero-order valence-corrected chi connectivity index (χ0v) is 13.9. The number of aromatic nitrogens is 3. The second-order valence-corrected chi connectivity index (χ2v) is 6.29. The third-order valence-corrected chi connectivity index (χ3v) is 4.42. The summed E-state index contributed by atoms with van der Waals surface area (Å²) in [6, 6.07) is 8.74. The quantitative estimate of drug-likeness (QED) is 0.774. The summed E-state index contributed by atoms with van der Waals surface area (Å²) in [5.41, 5.74) is 1.34. The Balaban J connectivity index is 1.47. The number of nitrogens with one attached hydrogen (secondary N) is 1. The highest BCUT2D eigenvalue weighted by atomic mass is 16.5. The van der Waals surface area contributed by atoms with Gasteiger partial charge >= 0.3 is 0 Å². The van der Waals surface area contributed by atoms with Crippen LogP contribution in [0, 0.1) is 6.92 Å². The Morgan fingerprint density at radius 2 is 1.88 bits per heavy atom. The van der Waals surface area contributed by atoms with Gasteiger partial charge in [-0.05, 0) is 31.9 Å². The Labute approximate surface area is 144 Å². The van der Waals surface area contributed by atoms with E-state index in [0.29, 0.717) is 28.9 Å². The van der Waals surface area contributed by atoms with E-state index in [0.717, 1.165) is 24.3 Å². The standard InChI is InChI=1S/C18H18N4O3/c1-11-10-15(21-24-11)19-17(23)13-8-6-12(7-9-13)16-20-18(25-22-16)14-4-2-3-5-14/h6-10,14H,2-5H2,1H3,(H,19,21,23). The fourth-order valence-corrected chi connectivity index (χ4v) is 3.08. The van der Waals surface area contributed by atoms with Crippen molar-refractivity contribution in [2.24, 2.45) is 0 Å². The number of hydrogen-bond acceptors (Lipinski definition) is 6. The summed E-state index contributed by atoms with van der Waals surface area (Å²) >= 11 is 0. The van der Waals surface area contributed by atoms with Gasteiger partial charge < -0.3 is 14.4 Å². The maximum absolute atomic E-state index is 12.2. The monoisotopic (exact) mass is 338 g/mol. The molecule has 1 fully saturated rings. The molecule has 2 heterocycles. The van der Waals surface area contributed by atoms with Gasteiger partial charge in [-0.15, -0.1) is 0 Å². The van der Waals surface area contributed by atoms with Crippen molar-refractivity contribution in [2.75, 3.05) is 5.32 Å². The highest BCUT2D eigenvalue weighted by molar-refractivity contribution is 6.03. The number of aryl methyl sites for hydroxylation is 1. The smallest absolute Gasteiger partial charge is 0.256 e. The molecule has 1 N–H and O–H groups in total. The van der Waals surface area contributed by atoms with Crippen molar-refractivity contribution in [1.29, 1.82) is 0 Å². The molecular weight excluding hydrogens is 320 g/mol. The first-order chi connectivity index (χ1) is 12.2. The molecule has 0 unspecified atom stereocenters. The molecule has 0 atom stereocenters. The minimum atomic E-state index is -0.250. The molecule has 128 valence electrons. The van der Waals surface area contributed by atoms with Crippen molar-refractivity contribution in [2.45, 2.75) is 38.5 Å². The van der Waals surface area contributed by atoms with Gasteiger partial charge in [-0.3, -0.25) is 4.79 Å². The van der Waals surface area contributed by atoms with Gasteiger partial charge in [0.2, 0.25) is 11.7 Å². The molecule has 0 saturated heterocycles. The number of carbonyl (C=O) groups is 1. The Kier molecular flexibility index (Phi) is 4.05. The van der Waals surface area contributed by atoms with E-state index in [9.17, 15) is 4.79 Å². The van der Waals surface area contributed by atoms with Crippen LogP contribution in [0.3, 0.4) is 0 Å². The van der Waals surface area contributed by atoms with Gasteiger partial charge in [0.1, 0.15) is 5.76 Å². The summed E-state index contributed by atoms with van der Waals surface area (Å²) < 4.78 is 10.3. The van der Waals surface area contributed by atoms with Crippen molar-refractivity contribution >= 4 is 11.7 Å². The molecule has 0 aliphatic heterocycles. The van der Waals surface area contributed by atoms with Gasteiger partial charge in [0.25, 0.3) is 5.91 Å². The molecule has 7 heteroatoms. The second-order valence-electron chi connectivity index (χ2n) is 6.29. The third kappa shape index (κ3) is 3.31. The molecule has 7 nitrogen and oxygen atoms in total. The summed E-state index contributed by atoms with van der Waals surface area (Å²) in [5, 5.41) is 10.5. The minimum absolute atomic E-state index is 0.250. The number of carbonyl (C=O) groups excluding carboxylic acids is 1. The summed E-state index contributed by atoms with van der Waals surface area (Å²) in [6.45, 7) is 1.77. The van der Waals surface area contributed by atoms with E-state index in [1.54, 1.807) is 25.1 Å². The third-order valence-electron chi connectivity index (χ3n) is 4.42. The van der Waals surface area contributed by atoms with Crippen LogP contribution in [0.5, 0.6) is 0 Å². The van der Waals surface area contributed by atoms with Crippen molar-refractivity contribution in [1.82, 2.24) is 15.3 Å². The first-order valence-corrected chi connectivity index (χ1v) is 8.38. The van der Waals surface area contributed by atoms with Crippen LogP contribution in [-0.4, -0.2) is 21.2 Å². The summed E-state index contributed by atoms with van der Waals surface area (Å²) in [7, 11) is 0. The van der Waals surface area contributed by atoms with Crippen LogP contribution in [0.1, 0.15) is 53.6 Å². The van der Waals surface area contributed by atoms with Gasteiger partial charge in [0, 0.05) is 23.1 Å². The van der Waals surface area contributed by atoms with Gasteiger partial charge in [0.15, 0.2) is 5.82 Å². The molecule has 25 heavy (non-hydrogen) atoms. The number of benzene rings is 1. The Morgan fingerprint density at radius 1 is 1.12 bits per heavy atom. The van der Waals surface area contributed by atoms with Crippen LogP contribution < -0.4 is 5.32 Å². The molecule has 0 radical (unpaired) electrons. The minimum Gasteiger partial charge on any atom is -0.360 e. The first kappa shape index (κ1) is 15.6. The molecule has 2 aromatic heterocycles. The summed E-state index contributed by atoms with van der Waals surface area (Å²) in [5.74, 6) is 2.44. The molecule has 0 bridgehead atoms. The molecule has 4 rings (SSSR count). The lowest BCUT2D eigenvalue weighted by Crippen LogP contribution is -2.11. The van der Waals surface area contributed by atoms with Crippen LogP contribution in [0.25, 0.3) is 11.4 Å². The molecule has 1 aliphatic carbocycles. The topological polar surface area (TPSA) is 94.1 Å². The molecule has 0 spiro atoms. The lowest BCUT2D eigenvalue weighted by molar-refractivity contribution is 0.102. The van der Waals surface area contributed by atoms with E-state index in [1.807, 2.05) is 12.1 Å². The van der Waals surface area contributed by atoms with Crippen LogP contribution in [0.15, 0.2) is 39.4 Å². The predicted molar refractivity (Wildman–Crippen MR) is 90.1 cm³/mol. The normalized spacial score (nSPS) is 14.8. The van der Waals surface area contributed by atoms with Crippen LogP contribution in [0.4, 0.5) is 5.82 Å². The van der Waals surface area contributed by atoms with Crippen molar-refractivity contribution in [3.05, 3.63) is 47.5 Å². The van der Waals surface area contributed by atoms with E-state index in [-0.39, 0.29) is 5.91 Å². The van der Waals surface area contributed by atoms with Gasteiger partial charge in [0.05, 0.1) is 0 Å². The largest absolute Gasteiger partial charge is 0.360 e. The van der Waals surface area contributed by atoms with Gasteiger partial charge in [-0.1, -0.05) is 35.3 Å².